The van der Waals surface area contributed by atoms with Crippen LogP contribution in [-0.2, 0) is 4.74 Å². The van der Waals surface area contributed by atoms with E-state index in [0.717, 1.165) is 6.42 Å². The van der Waals surface area contributed by atoms with Gasteiger partial charge in [0.05, 0.1) is 6.26 Å². The number of unbranched alkanes of at least 4 members (excludes halogenated alkanes) is 7. The zero-order valence-electron chi connectivity index (χ0n) is 10.4. The third-order valence-corrected chi connectivity index (χ3v) is 2.46. The van der Waals surface area contributed by atoms with Gasteiger partial charge in [0.2, 0.25) is 6.29 Å². The van der Waals surface area contributed by atoms with Crippen LogP contribution >= 0.6 is 0 Å². The van der Waals surface area contributed by atoms with Gasteiger partial charge >= 0.3 is 0 Å². The van der Waals surface area contributed by atoms with Crippen molar-refractivity contribution in [2.45, 2.75) is 64.6 Å². The normalized spacial score (nSPS) is 13.2. The molecule has 0 aliphatic heterocycles. The summed E-state index contributed by atoms with van der Waals surface area (Å²) < 4.78 is 4.78. The molecule has 2 N–H and O–H groups in total. The van der Waals surface area contributed by atoms with E-state index in [4.69, 9.17) is 14.9 Å². The molecule has 3 heteroatoms. The van der Waals surface area contributed by atoms with Crippen LogP contribution in [0.2, 0.25) is 0 Å². The standard InChI is InChI=1S/C13H26O3/c1-2-3-4-5-6-7-8-9-10-11-16-13(15)12-14/h10-11,13-15H,2-9,12H2,1H3. The molecule has 0 aromatic rings. The second-order valence-corrected chi connectivity index (χ2v) is 4.06. The molecule has 0 aliphatic carbocycles. The van der Waals surface area contributed by atoms with Gasteiger partial charge in [-0.25, -0.2) is 0 Å². The predicted molar refractivity (Wildman–Crippen MR) is 65.9 cm³/mol. The average molecular weight is 230 g/mol. The summed E-state index contributed by atoms with van der Waals surface area (Å²) in [5.74, 6) is 0. The minimum atomic E-state index is -1.08. The number of rotatable bonds is 11. The minimum Gasteiger partial charge on any atom is -0.471 e. The number of ether oxygens (including phenoxy) is 1. The summed E-state index contributed by atoms with van der Waals surface area (Å²) in [6, 6.07) is 0. The zero-order chi connectivity index (χ0) is 12.1. The molecule has 0 amide bonds. The van der Waals surface area contributed by atoms with Gasteiger partial charge in [0.25, 0.3) is 0 Å². The molecule has 0 aromatic carbocycles. The average Bonchev–Trinajstić information content (AvgIpc) is 2.31. The number of allylic oxidation sites excluding steroid dienone is 1. The van der Waals surface area contributed by atoms with Crippen LogP contribution in [0.25, 0.3) is 0 Å². The van der Waals surface area contributed by atoms with Crippen LogP contribution in [0.1, 0.15) is 58.3 Å². The van der Waals surface area contributed by atoms with E-state index in [9.17, 15) is 0 Å². The largest absolute Gasteiger partial charge is 0.471 e. The molecule has 16 heavy (non-hydrogen) atoms. The Kier molecular flexibility index (Phi) is 12.1. The Morgan fingerprint density at radius 2 is 1.69 bits per heavy atom. The van der Waals surface area contributed by atoms with Crippen LogP contribution in [-0.4, -0.2) is 23.1 Å². The fraction of sp³-hybridized carbons (Fsp3) is 0.846. The third kappa shape index (κ3) is 11.5. The molecular formula is C13H26O3. The Labute approximate surface area is 99.1 Å². The van der Waals surface area contributed by atoms with Crippen LogP contribution in [0.5, 0.6) is 0 Å². The fourth-order valence-electron chi connectivity index (χ4n) is 1.48. The highest BCUT2D eigenvalue weighted by Crippen LogP contribution is 2.08. The molecule has 0 radical (unpaired) electrons. The summed E-state index contributed by atoms with van der Waals surface area (Å²) in [5.41, 5.74) is 0. The lowest BCUT2D eigenvalue weighted by Gasteiger charge is -2.04. The van der Waals surface area contributed by atoms with E-state index in [1.54, 1.807) is 0 Å². The van der Waals surface area contributed by atoms with Crippen molar-refractivity contribution in [3.05, 3.63) is 12.3 Å². The lowest BCUT2D eigenvalue weighted by molar-refractivity contribution is -0.0836. The van der Waals surface area contributed by atoms with E-state index in [0.29, 0.717) is 0 Å². The molecule has 0 fully saturated rings. The van der Waals surface area contributed by atoms with Gasteiger partial charge < -0.3 is 14.9 Å². The molecule has 0 spiro atoms. The Balaban J connectivity index is 3.08. The molecule has 0 rings (SSSR count). The topological polar surface area (TPSA) is 49.7 Å². The van der Waals surface area contributed by atoms with Crippen molar-refractivity contribution in [2.24, 2.45) is 0 Å². The Morgan fingerprint density at radius 1 is 1.06 bits per heavy atom. The molecule has 0 aromatic heterocycles. The smallest absolute Gasteiger partial charge is 0.219 e. The molecule has 1 atom stereocenters. The number of hydrogen-bond donors (Lipinski definition) is 2. The van der Waals surface area contributed by atoms with Crippen molar-refractivity contribution < 1.29 is 14.9 Å². The fourth-order valence-corrected chi connectivity index (χ4v) is 1.48. The highest BCUT2D eigenvalue weighted by atomic mass is 16.6. The van der Waals surface area contributed by atoms with Gasteiger partial charge in [-0.3, -0.25) is 0 Å². The molecule has 96 valence electrons. The van der Waals surface area contributed by atoms with Gasteiger partial charge in [0.1, 0.15) is 6.61 Å². The molecule has 0 bridgehead atoms. The SMILES string of the molecule is CCCCCCCCCC=COC(O)CO. The van der Waals surface area contributed by atoms with Crippen molar-refractivity contribution in [3.8, 4) is 0 Å². The second kappa shape index (κ2) is 12.5. The van der Waals surface area contributed by atoms with Gasteiger partial charge in [-0.2, -0.15) is 0 Å². The number of hydrogen-bond acceptors (Lipinski definition) is 3. The van der Waals surface area contributed by atoms with Gasteiger partial charge in [-0.15, -0.1) is 0 Å². The highest BCUT2D eigenvalue weighted by molar-refractivity contribution is 4.73. The maximum Gasteiger partial charge on any atom is 0.219 e. The maximum absolute atomic E-state index is 8.86. The summed E-state index contributed by atoms with van der Waals surface area (Å²) in [4.78, 5) is 0. The van der Waals surface area contributed by atoms with Crippen molar-refractivity contribution in [3.63, 3.8) is 0 Å². The van der Waals surface area contributed by atoms with Crippen molar-refractivity contribution >= 4 is 0 Å². The van der Waals surface area contributed by atoms with Gasteiger partial charge in [0.15, 0.2) is 0 Å². The predicted octanol–water partition coefficient (Wildman–Crippen LogP) is 2.97. The summed E-state index contributed by atoms with van der Waals surface area (Å²) in [5, 5.41) is 17.3. The minimum absolute atomic E-state index is 0.359. The third-order valence-electron chi connectivity index (χ3n) is 2.46. The molecule has 0 saturated heterocycles. The van der Waals surface area contributed by atoms with E-state index < -0.39 is 6.29 Å². The van der Waals surface area contributed by atoms with E-state index in [1.165, 1.54) is 51.2 Å². The first kappa shape index (κ1) is 15.5. The molecule has 3 nitrogen and oxygen atoms in total. The van der Waals surface area contributed by atoms with E-state index in [-0.39, 0.29) is 6.61 Å². The van der Waals surface area contributed by atoms with Gasteiger partial charge in [-0.1, -0.05) is 45.4 Å². The highest BCUT2D eigenvalue weighted by Gasteiger charge is 1.95. The first-order valence-electron chi connectivity index (χ1n) is 6.40. The van der Waals surface area contributed by atoms with Crippen LogP contribution in [0.4, 0.5) is 0 Å². The van der Waals surface area contributed by atoms with Crippen molar-refractivity contribution in [1.29, 1.82) is 0 Å². The molecule has 0 heterocycles. The lowest BCUT2D eigenvalue weighted by Crippen LogP contribution is -2.12. The number of aliphatic hydroxyl groups excluding tert-OH is 2. The van der Waals surface area contributed by atoms with Crippen LogP contribution < -0.4 is 0 Å². The molecule has 0 aliphatic rings. The first-order valence-corrected chi connectivity index (χ1v) is 6.40. The van der Waals surface area contributed by atoms with E-state index >= 15 is 0 Å². The Bertz CT molecular complexity index is 157. The number of aliphatic hydroxyl groups is 2. The summed E-state index contributed by atoms with van der Waals surface area (Å²) in [6.45, 7) is 1.87. The van der Waals surface area contributed by atoms with E-state index in [2.05, 4.69) is 6.92 Å². The molecular weight excluding hydrogens is 204 g/mol. The maximum atomic E-state index is 8.86. The lowest BCUT2D eigenvalue weighted by atomic mass is 10.1. The van der Waals surface area contributed by atoms with Crippen LogP contribution in [0.3, 0.4) is 0 Å². The second-order valence-electron chi connectivity index (χ2n) is 4.06. The Morgan fingerprint density at radius 3 is 2.31 bits per heavy atom. The quantitative estimate of drug-likeness (QED) is 0.326. The molecule has 1 unspecified atom stereocenters. The summed E-state index contributed by atoms with van der Waals surface area (Å²) in [6.07, 6.45) is 12.4. The van der Waals surface area contributed by atoms with Crippen molar-refractivity contribution in [2.75, 3.05) is 6.61 Å². The zero-order valence-corrected chi connectivity index (χ0v) is 10.4. The monoisotopic (exact) mass is 230 g/mol. The summed E-state index contributed by atoms with van der Waals surface area (Å²) in [7, 11) is 0. The van der Waals surface area contributed by atoms with Crippen LogP contribution in [0, 0.1) is 0 Å². The molecule has 0 saturated carbocycles. The summed E-state index contributed by atoms with van der Waals surface area (Å²) >= 11 is 0. The first-order chi connectivity index (χ1) is 7.81. The van der Waals surface area contributed by atoms with E-state index in [1.807, 2.05) is 6.08 Å². The van der Waals surface area contributed by atoms with Gasteiger partial charge in [0, 0.05) is 0 Å². The van der Waals surface area contributed by atoms with Crippen LogP contribution in [0.15, 0.2) is 12.3 Å². The van der Waals surface area contributed by atoms with Crippen molar-refractivity contribution in [1.82, 2.24) is 0 Å². The Hall–Kier alpha value is -0.540. The van der Waals surface area contributed by atoms with Gasteiger partial charge in [-0.05, 0) is 18.9 Å².